The van der Waals surface area contributed by atoms with E-state index in [1.807, 2.05) is 47.4 Å². The molecule has 7 nitrogen and oxygen atoms in total. The Balaban J connectivity index is 1.58. The molecule has 0 aliphatic carbocycles. The fourth-order valence-electron chi connectivity index (χ4n) is 3.90. The van der Waals surface area contributed by atoms with E-state index in [2.05, 4.69) is 5.10 Å². The number of aryl methyl sites for hydroxylation is 1. The van der Waals surface area contributed by atoms with Crippen LogP contribution >= 0.6 is 0 Å². The van der Waals surface area contributed by atoms with Gasteiger partial charge in [0.25, 0.3) is 11.5 Å². The number of fused-ring (bicyclic) bond motifs is 1. The van der Waals surface area contributed by atoms with E-state index in [0.29, 0.717) is 24.0 Å². The largest absolute Gasteiger partial charge is 0.391 e. The highest BCUT2D eigenvalue weighted by molar-refractivity contribution is 5.96. The van der Waals surface area contributed by atoms with Crippen LogP contribution in [-0.4, -0.2) is 65.0 Å². The second-order valence-corrected chi connectivity index (χ2v) is 7.42. The zero-order valence-corrected chi connectivity index (χ0v) is 16.5. The van der Waals surface area contributed by atoms with Crippen molar-refractivity contribution in [1.29, 1.82) is 0 Å². The number of carbonyl (C=O) groups is 1. The molecule has 2 aromatic carbocycles. The molecule has 7 heteroatoms. The quantitative estimate of drug-likeness (QED) is 0.651. The average molecular weight is 393 g/mol. The Kier molecular flexibility index (Phi) is 5.42. The topological polar surface area (TPSA) is 79.9 Å². The van der Waals surface area contributed by atoms with Gasteiger partial charge in [0.1, 0.15) is 6.54 Å². The zero-order valence-electron chi connectivity index (χ0n) is 16.5. The Morgan fingerprint density at radius 1 is 1.07 bits per heavy atom. The summed E-state index contributed by atoms with van der Waals surface area (Å²) in [5, 5.41) is 14.9. The van der Waals surface area contributed by atoms with Gasteiger partial charge >= 0.3 is 0 Å². The summed E-state index contributed by atoms with van der Waals surface area (Å²) >= 11 is 0. The minimum Gasteiger partial charge on any atom is -0.391 e. The SMILES string of the molecule is Cn1nc(-c2ccc(C(=O)N3CC[NH+](CCO)CC3)cc2)c2ccccc2c1=O. The van der Waals surface area contributed by atoms with E-state index in [1.54, 1.807) is 13.1 Å². The molecule has 1 saturated heterocycles. The highest BCUT2D eigenvalue weighted by Crippen LogP contribution is 2.25. The van der Waals surface area contributed by atoms with E-state index in [-0.39, 0.29) is 18.1 Å². The number of nitrogens with one attached hydrogen (secondary N) is 1. The first-order valence-electron chi connectivity index (χ1n) is 9.88. The van der Waals surface area contributed by atoms with Crippen LogP contribution in [0.2, 0.25) is 0 Å². The Morgan fingerprint density at radius 2 is 1.72 bits per heavy atom. The van der Waals surface area contributed by atoms with Crippen LogP contribution < -0.4 is 10.5 Å². The molecule has 1 amide bonds. The van der Waals surface area contributed by atoms with Gasteiger partial charge in [-0.3, -0.25) is 9.59 Å². The van der Waals surface area contributed by atoms with Crippen molar-refractivity contribution in [3.63, 3.8) is 0 Å². The van der Waals surface area contributed by atoms with E-state index in [1.165, 1.54) is 9.58 Å². The van der Waals surface area contributed by atoms with Crippen LogP contribution in [0.25, 0.3) is 22.0 Å². The molecular formula is C22H25N4O3+. The normalized spacial score (nSPS) is 15.0. The summed E-state index contributed by atoms with van der Waals surface area (Å²) in [5.41, 5.74) is 2.11. The lowest BCUT2D eigenvalue weighted by molar-refractivity contribution is -0.904. The summed E-state index contributed by atoms with van der Waals surface area (Å²) in [6.45, 7) is 4.03. The molecule has 1 aliphatic rings. The van der Waals surface area contributed by atoms with Crippen LogP contribution in [0.1, 0.15) is 10.4 Å². The number of hydrogen-bond donors (Lipinski definition) is 2. The van der Waals surface area contributed by atoms with Crippen LogP contribution in [0.15, 0.2) is 53.3 Å². The van der Waals surface area contributed by atoms with Crippen molar-refractivity contribution in [1.82, 2.24) is 14.7 Å². The Bertz CT molecular complexity index is 1080. The molecule has 1 aromatic heterocycles. The van der Waals surface area contributed by atoms with Crippen molar-refractivity contribution in [2.45, 2.75) is 0 Å². The summed E-state index contributed by atoms with van der Waals surface area (Å²) in [5.74, 6) is 0.0258. The molecule has 0 atom stereocenters. The van der Waals surface area contributed by atoms with Crippen LogP contribution in [0.3, 0.4) is 0 Å². The second-order valence-electron chi connectivity index (χ2n) is 7.42. The van der Waals surface area contributed by atoms with E-state index < -0.39 is 0 Å². The molecule has 3 aromatic rings. The lowest BCUT2D eigenvalue weighted by Crippen LogP contribution is -3.15. The number of quaternary nitrogens is 1. The fraction of sp³-hybridized carbons (Fsp3) is 0.318. The highest BCUT2D eigenvalue weighted by Gasteiger charge is 2.24. The van der Waals surface area contributed by atoms with Gasteiger partial charge in [-0.15, -0.1) is 0 Å². The number of benzene rings is 2. The van der Waals surface area contributed by atoms with Crippen molar-refractivity contribution in [2.75, 3.05) is 39.3 Å². The van der Waals surface area contributed by atoms with Crippen molar-refractivity contribution >= 4 is 16.7 Å². The van der Waals surface area contributed by atoms with Crippen molar-refractivity contribution in [2.24, 2.45) is 7.05 Å². The number of carbonyl (C=O) groups excluding carboxylic acids is 1. The smallest absolute Gasteiger partial charge is 0.274 e. The minimum atomic E-state index is -0.126. The molecule has 1 aliphatic heterocycles. The van der Waals surface area contributed by atoms with Crippen LogP contribution in [-0.2, 0) is 7.05 Å². The third-order valence-corrected chi connectivity index (χ3v) is 5.58. The van der Waals surface area contributed by atoms with Gasteiger partial charge < -0.3 is 14.9 Å². The Morgan fingerprint density at radius 3 is 2.38 bits per heavy atom. The van der Waals surface area contributed by atoms with E-state index in [9.17, 15) is 9.59 Å². The molecule has 0 bridgehead atoms. The molecule has 0 radical (unpaired) electrons. The summed E-state index contributed by atoms with van der Waals surface area (Å²) in [4.78, 5) is 28.4. The molecule has 0 unspecified atom stereocenters. The average Bonchev–Trinajstić information content (AvgIpc) is 2.77. The zero-order chi connectivity index (χ0) is 20.4. The van der Waals surface area contributed by atoms with Crippen LogP contribution in [0.5, 0.6) is 0 Å². The van der Waals surface area contributed by atoms with Crippen molar-refractivity contribution in [3.05, 3.63) is 64.4 Å². The molecule has 1 fully saturated rings. The number of aliphatic hydroxyl groups is 1. The summed E-state index contributed by atoms with van der Waals surface area (Å²) < 4.78 is 1.35. The molecule has 0 saturated carbocycles. The van der Waals surface area contributed by atoms with Gasteiger partial charge in [0, 0.05) is 23.6 Å². The summed E-state index contributed by atoms with van der Waals surface area (Å²) in [7, 11) is 1.65. The first-order chi connectivity index (χ1) is 14.1. The van der Waals surface area contributed by atoms with Gasteiger partial charge in [0.15, 0.2) is 0 Å². The number of amides is 1. The van der Waals surface area contributed by atoms with Crippen molar-refractivity contribution < 1.29 is 14.8 Å². The van der Waals surface area contributed by atoms with Gasteiger partial charge in [0.05, 0.1) is 43.9 Å². The van der Waals surface area contributed by atoms with Gasteiger partial charge in [0.2, 0.25) is 0 Å². The summed E-state index contributed by atoms with van der Waals surface area (Å²) in [6, 6.07) is 14.9. The predicted octanol–water partition coefficient (Wildman–Crippen LogP) is -0.0665. The maximum Gasteiger partial charge on any atom is 0.274 e. The van der Waals surface area contributed by atoms with E-state index in [4.69, 9.17) is 5.11 Å². The second kappa shape index (κ2) is 8.14. The number of aromatic nitrogens is 2. The Labute approximate surface area is 168 Å². The Hall–Kier alpha value is -3.03. The maximum atomic E-state index is 12.8. The molecular weight excluding hydrogens is 368 g/mol. The van der Waals surface area contributed by atoms with Gasteiger partial charge in [-0.1, -0.05) is 30.3 Å². The number of piperazine rings is 1. The van der Waals surface area contributed by atoms with Gasteiger partial charge in [-0.2, -0.15) is 5.10 Å². The van der Waals surface area contributed by atoms with Gasteiger partial charge in [-0.25, -0.2) is 4.68 Å². The van der Waals surface area contributed by atoms with Crippen LogP contribution in [0, 0.1) is 0 Å². The number of rotatable bonds is 4. The molecule has 2 heterocycles. The molecule has 0 spiro atoms. The molecule has 29 heavy (non-hydrogen) atoms. The molecule has 2 N–H and O–H groups in total. The lowest BCUT2D eigenvalue weighted by Gasteiger charge is -2.32. The highest BCUT2D eigenvalue weighted by atomic mass is 16.3. The fourth-order valence-corrected chi connectivity index (χ4v) is 3.90. The maximum absolute atomic E-state index is 12.8. The van der Waals surface area contributed by atoms with Crippen molar-refractivity contribution in [3.8, 4) is 11.3 Å². The standard InChI is InChI=1S/C22H24N4O3/c1-24-22(29)19-5-3-2-4-18(19)20(23-24)16-6-8-17(9-7-16)21(28)26-12-10-25(11-13-26)14-15-27/h2-9,27H,10-15H2,1H3/p+1. The van der Waals surface area contributed by atoms with E-state index in [0.717, 1.165) is 36.3 Å². The number of nitrogens with zero attached hydrogens (tertiary/aromatic N) is 3. The predicted molar refractivity (Wildman–Crippen MR) is 111 cm³/mol. The van der Waals surface area contributed by atoms with Gasteiger partial charge in [-0.05, 0) is 18.2 Å². The minimum absolute atomic E-state index is 0.0258. The lowest BCUT2D eigenvalue weighted by atomic mass is 10.0. The molecule has 4 rings (SSSR count). The first kappa shape index (κ1) is 19.3. The third kappa shape index (κ3) is 3.79. The monoisotopic (exact) mass is 393 g/mol. The van der Waals surface area contributed by atoms with Crippen LogP contribution in [0.4, 0.5) is 0 Å². The third-order valence-electron chi connectivity index (χ3n) is 5.58. The number of aliphatic hydroxyl groups excluding tert-OH is 1. The summed E-state index contributed by atoms with van der Waals surface area (Å²) in [6.07, 6.45) is 0. The molecule has 150 valence electrons. The first-order valence-corrected chi connectivity index (χ1v) is 9.88. The number of hydrogen-bond acceptors (Lipinski definition) is 4. The van der Waals surface area contributed by atoms with E-state index >= 15 is 0 Å².